The van der Waals surface area contributed by atoms with E-state index in [9.17, 15) is 10.2 Å². The highest BCUT2D eigenvalue weighted by Gasteiger charge is 2.14. The predicted molar refractivity (Wildman–Crippen MR) is 58.8 cm³/mol. The van der Waals surface area contributed by atoms with Gasteiger partial charge in [0.25, 0.3) is 0 Å². The van der Waals surface area contributed by atoms with E-state index in [-0.39, 0.29) is 13.0 Å². The Balaban J connectivity index is 2.69. The summed E-state index contributed by atoms with van der Waals surface area (Å²) in [6.07, 6.45) is -1.07. The Kier molecular flexibility index (Phi) is 4.54. The van der Waals surface area contributed by atoms with Gasteiger partial charge in [-0.2, -0.15) is 0 Å². The van der Waals surface area contributed by atoms with Crippen molar-refractivity contribution in [2.24, 2.45) is 5.73 Å². The topological polar surface area (TPSA) is 66.5 Å². The zero-order chi connectivity index (χ0) is 10.6. The number of nitrogens with two attached hydrogens (primary N) is 1. The van der Waals surface area contributed by atoms with Crippen LogP contribution in [0, 0.1) is 0 Å². The first-order valence-electron chi connectivity index (χ1n) is 4.45. The zero-order valence-electron chi connectivity index (χ0n) is 7.73. The smallest absolute Gasteiger partial charge is 0.0826 e. The van der Waals surface area contributed by atoms with Crippen molar-refractivity contribution in [2.75, 3.05) is 6.54 Å². The summed E-state index contributed by atoms with van der Waals surface area (Å²) in [5.41, 5.74) is 6.04. The number of halogens is 1. The quantitative estimate of drug-likeness (QED) is 0.761. The molecule has 78 valence electrons. The number of hydrogen-bond acceptors (Lipinski definition) is 3. The van der Waals surface area contributed by atoms with Crippen molar-refractivity contribution in [1.29, 1.82) is 0 Å². The standard InChI is InChI=1S/C10H14BrNO2/c11-9-4-2-1-3-8(9)10(14)5-7(13)6-12/h1-4,7,10,13-14H,5-6,12H2. The summed E-state index contributed by atoms with van der Waals surface area (Å²) in [4.78, 5) is 0. The maximum atomic E-state index is 9.76. The van der Waals surface area contributed by atoms with Crippen LogP contribution in [0.3, 0.4) is 0 Å². The lowest BCUT2D eigenvalue weighted by atomic mass is 10.0. The predicted octanol–water partition coefficient (Wildman–Crippen LogP) is 1.19. The highest BCUT2D eigenvalue weighted by molar-refractivity contribution is 9.10. The second-order valence-corrected chi connectivity index (χ2v) is 4.02. The molecule has 4 heteroatoms. The van der Waals surface area contributed by atoms with E-state index in [1.54, 1.807) is 0 Å². The molecule has 0 aliphatic carbocycles. The first kappa shape index (κ1) is 11.7. The van der Waals surface area contributed by atoms with Gasteiger partial charge in [0.15, 0.2) is 0 Å². The zero-order valence-corrected chi connectivity index (χ0v) is 9.31. The van der Waals surface area contributed by atoms with E-state index >= 15 is 0 Å². The minimum atomic E-state index is -0.677. The monoisotopic (exact) mass is 259 g/mol. The van der Waals surface area contributed by atoms with Gasteiger partial charge in [0.2, 0.25) is 0 Å². The third-order valence-corrected chi connectivity index (χ3v) is 2.75. The lowest BCUT2D eigenvalue weighted by Gasteiger charge is -2.15. The Morgan fingerprint density at radius 2 is 1.93 bits per heavy atom. The summed E-state index contributed by atoms with van der Waals surface area (Å²) in [6, 6.07) is 7.39. The number of benzene rings is 1. The van der Waals surface area contributed by atoms with E-state index in [1.807, 2.05) is 24.3 Å². The van der Waals surface area contributed by atoms with E-state index in [0.717, 1.165) is 10.0 Å². The molecule has 0 heterocycles. The highest BCUT2D eigenvalue weighted by atomic mass is 79.9. The highest BCUT2D eigenvalue weighted by Crippen LogP contribution is 2.25. The molecule has 1 rings (SSSR count). The molecule has 0 saturated carbocycles. The van der Waals surface area contributed by atoms with Gasteiger partial charge >= 0.3 is 0 Å². The lowest BCUT2D eigenvalue weighted by Crippen LogP contribution is -2.22. The molecule has 0 bridgehead atoms. The molecule has 0 fully saturated rings. The van der Waals surface area contributed by atoms with Crippen molar-refractivity contribution in [1.82, 2.24) is 0 Å². The second-order valence-electron chi connectivity index (χ2n) is 3.16. The molecule has 0 amide bonds. The summed E-state index contributed by atoms with van der Waals surface area (Å²) in [5, 5.41) is 19.0. The third-order valence-electron chi connectivity index (χ3n) is 2.03. The van der Waals surface area contributed by atoms with E-state index in [2.05, 4.69) is 15.9 Å². The molecule has 4 N–H and O–H groups in total. The molecule has 2 unspecified atom stereocenters. The van der Waals surface area contributed by atoms with Gasteiger partial charge < -0.3 is 15.9 Å². The van der Waals surface area contributed by atoms with Gasteiger partial charge in [0.05, 0.1) is 12.2 Å². The summed E-state index contributed by atoms with van der Waals surface area (Å²) >= 11 is 3.34. The Labute approximate surface area is 91.7 Å². The minimum Gasteiger partial charge on any atom is -0.392 e. The fourth-order valence-electron chi connectivity index (χ4n) is 1.23. The second kappa shape index (κ2) is 5.46. The number of aliphatic hydroxyl groups is 2. The molecule has 0 radical (unpaired) electrons. The van der Waals surface area contributed by atoms with Crippen LogP contribution in [0.2, 0.25) is 0 Å². The Morgan fingerprint density at radius 3 is 2.50 bits per heavy atom. The molecular weight excluding hydrogens is 246 g/mol. The molecule has 3 nitrogen and oxygen atoms in total. The van der Waals surface area contributed by atoms with Crippen LogP contribution in [0.15, 0.2) is 28.7 Å². The van der Waals surface area contributed by atoms with Crippen LogP contribution in [0.5, 0.6) is 0 Å². The Hall–Kier alpha value is -0.420. The average Bonchev–Trinajstić information content (AvgIpc) is 2.18. The van der Waals surface area contributed by atoms with E-state index in [0.29, 0.717) is 0 Å². The van der Waals surface area contributed by atoms with Crippen molar-refractivity contribution >= 4 is 15.9 Å². The molecule has 0 aromatic heterocycles. The van der Waals surface area contributed by atoms with E-state index in [1.165, 1.54) is 0 Å². The van der Waals surface area contributed by atoms with Gasteiger partial charge in [-0.05, 0) is 11.6 Å². The number of hydrogen-bond donors (Lipinski definition) is 3. The first-order chi connectivity index (χ1) is 6.65. The molecular formula is C10H14BrNO2. The summed E-state index contributed by atoms with van der Waals surface area (Å²) < 4.78 is 0.844. The van der Waals surface area contributed by atoms with Gasteiger partial charge in [-0.25, -0.2) is 0 Å². The Bertz CT molecular complexity index is 293. The van der Waals surface area contributed by atoms with Gasteiger partial charge in [-0.1, -0.05) is 34.1 Å². The van der Waals surface area contributed by atoms with Gasteiger partial charge in [0, 0.05) is 17.4 Å². The van der Waals surface area contributed by atoms with Crippen molar-refractivity contribution in [3.05, 3.63) is 34.3 Å². The molecule has 1 aromatic carbocycles. The van der Waals surface area contributed by atoms with Gasteiger partial charge in [-0.15, -0.1) is 0 Å². The molecule has 0 saturated heterocycles. The average molecular weight is 260 g/mol. The minimum absolute atomic E-state index is 0.168. The van der Waals surface area contributed by atoms with Crippen LogP contribution in [-0.2, 0) is 0 Å². The maximum absolute atomic E-state index is 9.76. The SMILES string of the molecule is NCC(O)CC(O)c1ccccc1Br. The molecule has 14 heavy (non-hydrogen) atoms. The van der Waals surface area contributed by atoms with Crippen LogP contribution in [-0.4, -0.2) is 22.9 Å². The summed E-state index contributed by atoms with van der Waals surface area (Å²) in [5.74, 6) is 0. The van der Waals surface area contributed by atoms with Gasteiger partial charge in [0.1, 0.15) is 0 Å². The van der Waals surface area contributed by atoms with Crippen LogP contribution in [0.1, 0.15) is 18.1 Å². The summed E-state index contributed by atoms with van der Waals surface area (Å²) in [7, 11) is 0. The number of rotatable bonds is 4. The van der Waals surface area contributed by atoms with Crippen LogP contribution < -0.4 is 5.73 Å². The fourth-order valence-corrected chi connectivity index (χ4v) is 1.78. The van der Waals surface area contributed by atoms with Gasteiger partial charge in [-0.3, -0.25) is 0 Å². The molecule has 2 atom stereocenters. The van der Waals surface area contributed by atoms with Crippen LogP contribution in [0.25, 0.3) is 0 Å². The van der Waals surface area contributed by atoms with Crippen LogP contribution >= 0.6 is 15.9 Å². The van der Waals surface area contributed by atoms with Crippen molar-refractivity contribution < 1.29 is 10.2 Å². The molecule has 0 spiro atoms. The van der Waals surface area contributed by atoms with Crippen molar-refractivity contribution in [3.8, 4) is 0 Å². The lowest BCUT2D eigenvalue weighted by molar-refractivity contribution is 0.0847. The van der Waals surface area contributed by atoms with E-state index < -0.39 is 12.2 Å². The van der Waals surface area contributed by atoms with Crippen LogP contribution in [0.4, 0.5) is 0 Å². The molecule has 1 aromatic rings. The normalized spacial score (nSPS) is 15.1. The maximum Gasteiger partial charge on any atom is 0.0826 e. The largest absolute Gasteiger partial charge is 0.392 e. The molecule has 0 aliphatic rings. The third kappa shape index (κ3) is 3.06. The fraction of sp³-hybridized carbons (Fsp3) is 0.400. The Morgan fingerprint density at radius 1 is 1.29 bits per heavy atom. The first-order valence-corrected chi connectivity index (χ1v) is 5.25. The van der Waals surface area contributed by atoms with Crippen molar-refractivity contribution in [3.63, 3.8) is 0 Å². The molecule has 0 aliphatic heterocycles. The summed E-state index contributed by atoms with van der Waals surface area (Å²) in [6.45, 7) is 0.168. The number of aliphatic hydroxyl groups excluding tert-OH is 2. The van der Waals surface area contributed by atoms with Crippen molar-refractivity contribution in [2.45, 2.75) is 18.6 Å². The van der Waals surface area contributed by atoms with E-state index in [4.69, 9.17) is 5.73 Å².